The van der Waals surface area contributed by atoms with Crippen LogP contribution in [0.3, 0.4) is 0 Å². The largest absolute Gasteiger partial charge is 0.349 e. The maximum Gasteiger partial charge on any atom is 0.192 e. The van der Waals surface area contributed by atoms with Gasteiger partial charge < -0.3 is 36.4 Å². The van der Waals surface area contributed by atoms with Crippen LogP contribution in [-0.4, -0.2) is 115 Å². The van der Waals surface area contributed by atoms with Crippen LogP contribution in [0, 0.1) is 5.41 Å². The Balaban J connectivity index is -0.000000359. The van der Waals surface area contributed by atoms with Crippen LogP contribution in [0.2, 0.25) is 0 Å². The summed E-state index contributed by atoms with van der Waals surface area (Å²) < 4.78 is 0. The van der Waals surface area contributed by atoms with Gasteiger partial charge in [0.25, 0.3) is 0 Å². The molecule has 172 valence electrons. The number of hydrogen-bond acceptors (Lipinski definition) is 6. The van der Waals surface area contributed by atoms with Crippen molar-refractivity contribution < 1.29 is 0 Å². The Labute approximate surface area is 176 Å². The predicted octanol–water partition coefficient (Wildman–Crippen LogP) is 0.516. The van der Waals surface area contributed by atoms with E-state index < -0.39 is 0 Å². The predicted molar refractivity (Wildman–Crippen MR) is 127 cm³/mol. The highest BCUT2D eigenvalue weighted by atomic mass is 15.3. The van der Waals surface area contributed by atoms with E-state index in [9.17, 15) is 0 Å². The molecule has 28 heavy (non-hydrogen) atoms. The van der Waals surface area contributed by atoms with Crippen molar-refractivity contribution >= 4 is 5.96 Å². The molecule has 0 aromatic heterocycles. The van der Waals surface area contributed by atoms with Gasteiger partial charge in [0.1, 0.15) is 0 Å². The van der Waals surface area contributed by atoms with Crippen molar-refractivity contribution in [2.75, 3.05) is 94.6 Å². The molecule has 0 heterocycles. The highest BCUT2D eigenvalue weighted by Gasteiger charge is 1.97. The lowest BCUT2D eigenvalue weighted by atomic mass is 10.3. The number of nitrogens with one attached hydrogen (secondary N) is 4. The molecule has 0 saturated carbocycles. The minimum Gasteiger partial charge on any atom is -0.349 e. The first-order valence-corrected chi connectivity index (χ1v) is 10.6. The molecule has 0 aliphatic rings. The van der Waals surface area contributed by atoms with Gasteiger partial charge in [0.15, 0.2) is 5.96 Å². The molecule has 8 heteroatoms. The van der Waals surface area contributed by atoms with E-state index in [2.05, 4.69) is 48.8 Å². The van der Waals surface area contributed by atoms with Crippen molar-refractivity contribution in [1.29, 1.82) is 5.41 Å². The zero-order valence-corrected chi connectivity index (χ0v) is 20.2. The highest BCUT2D eigenvalue weighted by Crippen LogP contribution is 1.86. The maximum absolute atomic E-state index is 7.25. The molecule has 0 aromatic rings. The summed E-state index contributed by atoms with van der Waals surface area (Å²) in [6, 6.07) is 0. The van der Waals surface area contributed by atoms with Gasteiger partial charge in [-0.1, -0.05) is 20.3 Å². The van der Waals surface area contributed by atoms with Crippen molar-refractivity contribution in [3.8, 4) is 0 Å². The lowest BCUT2D eigenvalue weighted by molar-refractivity contribution is 0.398. The molecule has 6 N–H and O–H groups in total. The van der Waals surface area contributed by atoms with Crippen LogP contribution in [0.5, 0.6) is 0 Å². The Morgan fingerprint density at radius 3 is 1.39 bits per heavy atom. The smallest absolute Gasteiger partial charge is 0.192 e. The van der Waals surface area contributed by atoms with Crippen LogP contribution in [0.15, 0.2) is 0 Å². The van der Waals surface area contributed by atoms with E-state index in [0.29, 0.717) is 5.96 Å². The molecule has 0 bridgehead atoms. The van der Waals surface area contributed by atoms with Crippen LogP contribution in [0.4, 0.5) is 0 Å². The summed E-state index contributed by atoms with van der Waals surface area (Å²) in [5, 5.41) is 17.2. The van der Waals surface area contributed by atoms with Crippen LogP contribution in [0.25, 0.3) is 0 Å². The minimum atomic E-state index is 0.519. The van der Waals surface area contributed by atoms with Crippen molar-refractivity contribution in [3.63, 3.8) is 0 Å². The molecule has 0 spiro atoms. The Morgan fingerprint density at radius 2 is 1.14 bits per heavy atom. The monoisotopic (exact) mass is 404 g/mol. The van der Waals surface area contributed by atoms with E-state index in [1.807, 2.05) is 28.2 Å². The molecule has 0 saturated heterocycles. The number of guanidine groups is 1. The Morgan fingerprint density at radius 1 is 0.714 bits per heavy atom. The summed E-state index contributed by atoms with van der Waals surface area (Å²) in [6.07, 6.45) is 3.84. The second kappa shape index (κ2) is 26.1. The van der Waals surface area contributed by atoms with Crippen molar-refractivity contribution in [3.05, 3.63) is 0 Å². The number of unbranched alkanes of at least 4 members (excludes halogenated alkanes) is 1. The summed E-state index contributed by atoms with van der Waals surface area (Å²) in [5.41, 5.74) is 5.33. The van der Waals surface area contributed by atoms with Gasteiger partial charge in [-0.2, -0.15) is 0 Å². The number of rotatable bonds is 13. The fraction of sp³-hybridized carbons (Fsp3) is 0.950. The second-order valence-corrected chi connectivity index (χ2v) is 7.31. The summed E-state index contributed by atoms with van der Waals surface area (Å²) in [4.78, 5) is 5.71. The molecule has 0 aromatic carbocycles. The second-order valence-electron chi connectivity index (χ2n) is 7.31. The fourth-order valence-electron chi connectivity index (χ4n) is 1.88. The van der Waals surface area contributed by atoms with Gasteiger partial charge in [-0.25, -0.2) is 0 Å². The highest BCUT2D eigenvalue weighted by molar-refractivity contribution is 5.75. The molecule has 0 amide bonds. The Bertz CT molecular complexity index is 276. The quantitative estimate of drug-likeness (QED) is 0.173. The first-order chi connectivity index (χ1) is 13.2. The van der Waals surface area contributed by atoms with Gasteiger partial charge in [0.05, 0.1) is 0 Å². The molecule has 0 unspecified atom stereocenters. The van der Waals surface area contributed by atoms with Gasteiger partial charge in [-0.3, -0.25) is 5.41 Å². The zero-order chi connectivity index (χ0) is 22.2. The SMILES string of the molecule is CCCCN(C)C.CCCNCCNCCNCCN.CN(C)C(=N)N(C)C. The molecule has 8 nitrogen and oxygen atoms in total. The topological polar surface area (TPSA) is 95.7 Å². The first kappa shape index (κ1) is 31.8. The van der Waals surface area contributed by atoms with E-state index in [0.717, 1.165) is 45.8 Å². The summed E-state index contributed by atoms with van der Waals surface area (Å²) in [6.45, 7) is 12.5. The third-order valence-corrected chi connectivity index (χ3v) is 3.51. The first-order valence-electron chi connectivity index (χ1n) is 10.6. The van der Waals surface area contributed by atoms with Crippen LogP contribution in [0.1, 0.15) is 33.1 Å². The maximum atomic E-state index is 7.25. The third-order valence-electron chi connectivity index (χ3n) is 3.51. The molecule has 0 atom stereocenters. The van der Waals surface area contributed by atoms with E-state index in [4.69, 9.17) is 11.1 Å². The number of nitrogens with two attached hydrogens (primary N) is 1. The Kier molecular flexibility index (Phi) is 29.6. The molecule has 0 aliphatic carbocycles. The minimum absolute atomic E-state index is 0.519. The van der Waals surface area contributed by atoms with Crippen molar-refractivity contribution in [1.82, 2.24) is 30.7 Å². The number of hydrogen-bond donors (Lipinski definition) is 5. The van der Waals surface area contributed by atoms with Gasteiger partial charge in [0.2, 0.25) is 0 Å². The summed E-state index contributed by atoms with van der Waals surface area (Å²) in [7, 11) is 11.6. The van der Waals surface area contributed by atoms with Crippen LogP contribution >= 0.6 is 0 Å². The molecule has 0 aliphatic heterocycles. The van der Waals surface area contributed by atoms with Gasteiger partial charge in [-0.15, -0.1) is 0 Å². The third kappa shape index (κ3) is 32.7. The van der Waals surface area contributed by atoms with Crippen molar-refractivity contribution in [2.45, 2.75) is 33.1 Å². The molecular weight excluding hydrogens is 352 g/mol. The lowest BCUT2D eigenvalue weighted by Crippen LogP contribution is -2.34. The number of nitrogens with zero attached hydrogens (tertiary/aromatic N) is 3. The van der Waals surface area contributed by atoms with Crippen molar-refractivity contribution in [2.24, 2.45) is 5.73 Å². The normalized spacial score (nSPS) is 9.93. The zero-order valence-electron chi connectivity index (χ0n) is 20.2. The van der Waals surface area contributed by atoms with Gasteiger partial charge >= 0.3 is 0 Å². The fourth-order valence-corrected chi connectivity index (χ4v) is 1.88. The molecule has 0 rings (SSSR count). The van der Waals surface area contributed by atoms with Crippen LogP contribution in [-0.2, 0) is 0 Å². The van der Waals surface area contributed by atoms with Gasteiger partial charge in [-0.05, 0) is 40.0 Å². The van der Waals surface area contributed by atoms with Gasteiger partial charge in [0, 0.05) is 67.5 Å². The average molecular weight is 405 g/mol. The standard InChI is InChI=1S/C9H24N4.C6H15N.C5H13N3/c1-2-4-11-6-8-13-9-7-12-5-3-10;1-4-5-6-7(2)3;1-7(2)5(6)8(3)4/h11-13H,2-10H2,1H3;4-6H2,1-3H3;6H,1-4H3. The van der Waals surface area contributed by atoms with E-state index in [1.54, 1.807) is 9.80 Å². The average Bonchev–Trinajstić information content (AvgIpc) is 2.65. The lowest BCUT2D eigenvalue weighted by Gasteiger charge is -2.19. The Hall–Kier alpha value is -0.930. The van der Waals surface area contributed by atoms with E-state index in [-0.39, 0.29) is 0 Å². The summed E-state index contributed by atoms with van der Waals surface area (Å²) in [5.74, 6) is 0.519. The van der Waals surface area contributed by atoms with E-state index in [1.165, 1.54) is 25.8 Å². The van der Waals surface area contributed by atoms with E-state index >= 15 is 0 Å². The summed E-state index contributed by atoms with van der Waals surface area (Å²) >= 11 is 0. The molecular formula is C20H52N8. The molecule has 0 fully saturated rings. The molecule has 0 radical (unpaired) electrons. The van der Waals surface area contributed by atoms with Crippen LogP contribution < -0.4 is 21.7 Å².